The zero-order valence-corrected chi connectivity index (χ0v) is 20.3. The lowest BCUT2D eigenvalue weighted by atomic mass is 9.90. The highest BCUT2D eigenvalue weighted by Crippen LogP contribution is 2.34. The van der Waals surface area contributed by atoms with Crippen LogP contribution in [-0.2, 0) is 23.2 Å². The molecule has 0 fully saturated rings. The molecule has 30 heavy (non-hydrogen) atoms. The van der Waals surface area contributed by atoms with Gasteiger partial charge in [0.1, 0.15) is 16.0 Å². The SMILES string of the molecule is CC(C)c1cc(C#N)nc(C(C)C)c1CC(=O)NSc1sc(C(C)(C)C)nc1CO. The minimum atomic E-state index is -0.167. The van der Waals surface area contributed by atoms with E-state index in [4.69, 9.17) is 0 Å². The van der Waals surface area contributed by atoms with Crippen molar-refractivity contribution < 1.29 is 9.90 Å². The number of nitrogens with zero attached hydrogens (tertiary/aromatic N) is 3. The van der Waals surface area contributed by atoms with Crippen LogP contribution in [0.15, 0.2) is 10.3 Å². The molecule has 0 saturated carbocycles. The molecule has 2 rings (SSSR count). The van der Waals surface area contributed by atoms with Crippen LogP contribution in [0.3, 0.4) is 0 Å². The number of carbonyl (C=O) groups excluding carboxylic acids is 1. The number of aliphatic hydroxyl groups is 1. The molecule has 2 aromatic rings. The maximum Gasteiger partial charge on any atom is 0.234 e. The zero-order chi connectivity index (χ0) is 22.6. The average molecular weight is 447 g/mol. The summed E-state index contributed by atoms with van der Waals surface area (Å²) < 4.78 is 3.69. The van der Waals surface area contributed by atoms with Crippen LogP contribution in [0.1, 0.15) is 93.5 Å². The van der Waals surface area contributed by atoms with Gasteiger partial charge in [0.25, 0.3) is 0 Å². The molecule has 0 atom stereocenters. The first-order chi connectivity index (χ1) is 14.0. The summed E-state index contributed by atoms with van der Waals surface area (Å²) in [7, 11) is 0. The molecule has 0 aliphatic carbocycles. The van der Waals surface area contributed by atoms with Crippen molar-refractivity contribution in [2.24, 2.45) is 0 Å². The molecule has 0 bridgehead atoms. The molecule has 162 valence electrons. The Morgan fingerprint density at radius 3 is 2.43 bits per heavy atom. The maximum absolute atomic E-state index is 12.8. The van der Waals surface area contributed by atoms with Gasteiger partial charge in [-0.25, -0.2) is 9.97 Å². The Morgan fingerprint density at radius 1 is 1.27 bits per heavy atom. The Morgan fingerprint density at radius 2 is 1.93 bits per heavy atom. The van der Waals surface area contributed by atoms with Gasteiger partial charge in [-0.05, 0) is 29.0 Å². The van der Waals surface area contributed by atoms with Crippen molar-refractivity contribution in [3.63, 3.8) is 0 Å². The number of thiazole rings is 1. The van der Waals surface area contributed by atoms with Gasteiger partial charge < -0.3 is 5.11 Å². The van der Waals surface area contributed by atoms with Crippen molar-refractivity contribution in [3.8, 4) is 6.07 Å². The van der Waals surface area contributed by atoms with E-state index in [0.29, 0.717) is 11.4 Å². The van der Waals surface area contributed by atoms with Crippen molar-refractivity contribution in [2.45, 2.75) is 83.0 Å². The summed E-state index contributed by atoms with van der Waals surface area (Å²) >= 11 is 2.68. The molecule has 2 N–H and O–H groups in total. The summed E-state index contributed by atoms with van der Waals surface area (Å²) in [5.74, 6) is 0.123. The molecule has 0 spiro atoms. The molecule has 0 unspecified atom stereocenters. The number of amides is 1. The van der Waals surface area contributed by atoms with Crippen LogP contribution in [0.25, 0.3) is 0 Å². The minimum Gasteiger partial charge on any atom is -0.390 e. The number of nitriles is 1. The largest absolute Gasteiger partial charge is 0.390 e. The molecule has 8 heteroatoms. The molecule has 0 aliphatic rings. The van der Waals surface area contributed by atoms with Crippen LogP contribution in [0.2, 0.25) is 0 Å². The maximum atomic E-state index is 12.8. The van der Waals surface area contributed by atoms with Crippen LogP contribution in [0.5, 0.6) is 0 Å². The third-order valence-electron chi connectivity index (χ3n) is 4.52. The van der Waals surface area contributed by atoms with E-state index >= 15 is 0 Å². The third-order valence-corrected chi connectivity index (χ3v) is 7.09. The molecule has 6 nitrogen and oxygen atoms in total. The summed E-state index contributed by atoms with van der Waals surface area (Å²) in [6.07, 6.45) is 0.187. The van der Waals surface area contributed by atoms with E-state index in [0.717, 1.165) is 26.0 Å². The van der Waals surface area contributed by atoms with Crippen LogP contribution >= 0.6 is 23.3 Å². The number of pyridine rings is 1. The van der Waals surface area contributed by atoms with Gasteiger partial charge in [0.2, 0.25) is 5.91 Å². The second kappa shape index (κ2) is 9.90. The van der Waals surface area contributed by atoms with Gasteiger partial charge in [-0.15, -0.1) is 11.3 Å². The lowest BCUT2D eigenvalue weighted by molar-refractivity contribution is -0.118. The highest BCUT2D eigenvalue weighted by molar-refractivity contribution is 7.99. The lowest BCUT2D eigenvalue weighted by Gasteiger charge is -2.19. The number of carbonyl (C=O) groups is 1. The Balaban J connectivity index is 2.25. The van der Waals surface area contributed by atoms with Gasteiger partial charge in [0, 0.05) is 23.1 Å². The van der Waals surface area contributed by atoms with Gasteiger partial charge in [0.15, 0.2) is 0 Å². The normalized spacial score (nSPS) is 11.8. The predicted octanol–water partition coefficient (Wildman–Crippen LogP) is 4.81. The fraction of sp³-hybridized carbons (Fsp3) is 0.545. The minimum absolute atomic E-state index is 0.100. The monoisotopic (exact) mass is 446 g/mol. The summed E-state index contributed by atoms with van der Waals surface area (Å²) in [4.78, 5) is 21.8. The van der Waals surface area contributed by atoms with Gasteiger partial charge >= 0.3 is 0 Å². The molecule has 0 aromatic carbocycles. The van der Waals surface area contributed by atoms with E-state index in [1.807, 2.05) is 13.8 Å². The van der Waals surface area contributed by atoms with Crippen molar-refractivity contribution in [1.82, 2.24) is 14.7 Å². The van der Waals surface area contributed by atoms with Gasteiger partial charge in [-0.3, -0.25) is 9.52 Å². The average Bonchev–Trinajstić information content (AvgIpc) is 3.09. The molecule has 1 amide bonds. The first-order valence-electron chi connectivity index (χ1n) is 9.98. The van der Waals surface area contributed by atoms with E-state index in [9.17, 15) is 15.2 Å². The van der Waals surface area contributed by atoms with Crippen LogP contribution in [0, 0.1) is 11.3 Å². The number of rotatable bonds is 7. The van der Waals surface area contributed by atoms with Crippen molar-refractivity contribution >= 4 is 29.2 Å². The number of aliphatic hydroxyl groups excluding tert-OH is 1. The standard InChI is InChI=1S/C22H30N4O2S2/c1-12(2)15-8-14(10-23)24-19(13(3)4)16(15)9-18(28)26-30-20-17(11-27)25-21(29-20)22(5,6)7/h8,12-13,27H,9,11H2,1-7H3,(H,26,28). The fourth-order valence-electron chi connectivity index (χ4n) is 2.99. The molecule has 0 aliphatic heterocycles. The molecule has 2 heterocycles. The zero-order valence-electron chi connectivity index (χ0n) is 18.7. The number of hydrogen-bond donors (Lipinski definition) is 2. The van der Waals surface area contributed by atoms with Crippen LogP contribution in [-0.4, -0.2) is 21.0 Å². The Bertz CT molecular complexity index is 924. The van der Waals surface area contributed by atoms with E-state index in [-0.39, 0.29) is 36.2 Å². The number of aromatic nitrogens is 2. The summed E-state index contributed by atoms with van der Waals surface area (Å²) in [5, 5.41) is 19.9. The lowest BCUT2D eigenvalue weighted by Crippen LogP contribution is -2.21. The quantitative estimate of drug-likeness (QED) is 0.592. The van der Waals surface area contributed by atoms with E-state index < -0.39 is 0 Å². The Kier molecular flexibility index (Phi) is 8.03. The topological polar surface area (TPSA) is 98.9 Å². The molecular formula is C22H30N4O2S2. The van der Waals surface area contributed by atoms with Gasteiger partial charge in [-0.1, -0.05) is 48.5 Å². The Labute approximate surface area is 187 Å². The van der Waals surface area contributed by atoms with Crippen LogP contribution in [0.4, 0.5) is 0 Å². The van der Waals surface area contributed by atoms with Gasteiger partial charge in [-0.2, -0.15) is 5.26 Å². The van der Waals surface area contributed by atoms with Crippen molar-refractivity contribution in [1.29, 1.82) is 5.26 Å². The Hall–Kier alpha value is -1.95. The van der Waals surface area contributed by atoms with Gasteiger partial charge in [0.05, 0.1) is 23.7 Å². The molecule has 0 radical (unpaired) electrons. The molecular weight excluding hydrogens is 416 g/mol. The number of nitrogens with one attached hydrogen (secondary N) is 1. The fourth-order valence-corrected chi connectivity index (χ4v) is 4.89. The van der Waals surface area contributed by atoms with E-state index in [1.54, 1.807) is 6.07 Å². The molecule has 0 saturated heterocycles. The number of hydrogen-bond acceptors (Lipinski definition) is 7. The highest BCUT2D eigenvalue weighted by Gasteiger charge is 2.23. The summed E-state index contributed by atoms with van der Waals surface area (Å²) in [6, 6.07) is 3.91. The van der Waals surface area contributed by atoms with E-state index in [2.05, 4.69) is 55.4 Å². The molecule has 2 aromatic heterocycles. The second-order valence-corrected chi connectivity index (χ2v) is 10.9. The second-order valence-electron chi connectivity index (χ2n) is 8.85. The first kappa shape index (κ1) is 24.3. The van der Waals surface area contributed by atoms with Crippen molar-refractivity contribution in [2.75, 3.05) is 0 Å². The highest BCUT2D eigenvalue weighted by atomic mass is 32.2. The van der Waals surface area contributed by atoms with Crippen LogP contribution < -0.4 is 4.72 Å². The van der Waals surface area contributed by atoms with E-state index in [1.165, 1.54) is 23.3 Å². The third kappa shape index (κ3) is 5.81. The first-order valence-corrected chi connectivity index (χ1v) is 11.6. The smallest absolute Gasteiger partial charge is 0.234 e. The predicted molar refractivity (Wildman–Crippen MR) is 122 cm³/mol. The van der Waals surface area contributed by atoms with Crippen molar-refractivity contribution in [3.05, 3.63) is 39.3 Å². The summed E-state index contributed by atoms with van der Waals surface area (Å²) in [5.41, 5.74) is 3.51. The summed E-state index contributed by atoms with van der Waals surface area (Å²) in [6.45, 7) is 14.2.